The van der Waals surface area contributed by atoms with Crippen LogP contribution < -0.4 is 11.1 Å². The topological polar surface area (TPSA) is 64.4 Å². The fourth-order valence-electron chi connectivity index (χ4n) is 2.12. The number of amides is 1. The van der Waals surface area contributed by atoms with Crippen molar-refractivity contribution in [1.82, 2.24) is 5.32 Å². The van der Waals surface area contributed by atoms with Crippen LogP contribution in [0.1, 0.15) is 24.5 Å². The smallest absolute Gasteiger partial charge is 0.221 e. The van der Waals surface area contributed by atoms with Crippen molar-refractivity contribution in [3.8, 4) is 0 Å². The zero-order valence-corrected chi connectivity index (χ0v) is 9.76. The summed E-state index contributed by atoms with van der Waals surface area (Å²) >= 11 is 0. The molecule has 0 bridgehead atoms. The zero-order chi connectivity index (χ0) is 12.1. The van der Waals surface area contributed by atoms with Gasteiger partial charge in [-0.1, -0.05) is 30.3 Å². The van der Waals surface area contributed by atoms with Gasteiger partial charge in [-0.2, -0.15) is 0 Å². The summed E-state index contributed by atoms with van der Waals surface area (Å²) in [5.74, 6) is 0.00364. The van der Waals surface area contributed by atoms with Crippen LogP contribution in [0.2, 0.25) is 0 Å². The molecule has 17 heavy (non-hydrogen) atoms. The molecule has 4 nitrogen and oxygen atoms in total. The number of nitrogens with one attached hydrogen (secondary N) is 1. The molecular formula is C13H18N2O2. The number of ether oxygens (including phenoxy) is 1. The predicted octanol–water partition coefficient (Wildman–Crippen LogP) is 0.982. The first-order valence-corrected chi connectivity index (χ1v) is 5.97. The Hall–Kier alpha value is -1.39. The Morgan fingerprint density at radius 1 is 1.41 bits per heavy atom. The van der Waals surface area contributed by atoms with Crippen LogP contribution in [-0.4, -0.2) is 25.1 Å². The lowest BCUT2D eigenvalue weighted by atomic mass is 10.0. The second kappa shape index (κ2) is 5.80. The van der Waals surface area contributed by atoms with Crippen LogP contribution in [0, 0.1) is 0 Å². The van der Waals surface area contributed by atoms with Gasteiger partial charge in [0.1, 0.15) is 6.10 Å². The molecule has 1 aliphatic rings. The number of nitrogens with two attached hydrogens (primary N) is 1. The highest BCUT2D eigenvalue weighted by Crippen LogP contribution is 2.28. The molecule has 1 aromatic rings. The van der Waals surface area contributed by atoms with E-state index in [0.29, 0.717) is 19.6 Å². The van der Waals surface area contributed by atoms with Crippen LogP contribution in [0.15, 0.2) is 30.3 Å². The summed E-state index contributed by atoms with van der Waals surface area (Å²) < 4.78 is 5.68. The van der Waals surface area contributed by atoms with Gasteiger partial charge in [0.2, 0.25) is 5.91 Å². The first kappa shape index (κ1) is 12.1. The Kier molecular flexibility index (Phi) is 4.12. The lowest BCUT2D eigenvalue weighted by Gasteiger charge is -2.20. The maximum Gasteiger partial charge on any atom is 0.221 e. The number of hydrogen-bond acceptors (Lipinski definition) is 3. The summed E-state index contributed by atoms with van der Waals surface area (Å²) in [5.41, 5.74) is 6.47. The molecule has 1 saturated heterocycles. The molecule has 0 aliphatic carbocycles. The molecule has 2 atom stereocenters. The van der Waals surface area contributed by atoms with Gasteiger partial charge in [0.25, 0.3) is 0 Å². The summed E-state index contributed by atoms with van der Waals surface area (Å²) in [6.07, 6.45) is 1.20. The lowest BCUT2D eigenvalue weighted by Crippen LogP contribution is -2.37. The molecule has 1 heterocycles. The summed E-state index contributed by atoms with van der Waals surface area (Å²) in [6, 6.07) is 10.1. The molecule has 0 aromatic heterocycles. The second-order valence-electron chi connectivity index (χ2n) is 4.20. The predicted molar refractivity (Wildman–Crippen MR) is 65.4 cm³/mol. The molecule has 3 N–H and O–H groups in total. The Balaban J connectivity index is 2.00. The Morgan fingerprint density at radius 3 is 2.88 bits per heavy atom. The SMILES string of the molecule is NCCC(=O)NC1CCOC1c1ccccc1. The summed E-state index contributed by atoms with van der Waals surface area (Å²) in [6.45, 7) is 1.07. The normalized spacial score (nSPS) is 23.6. The number of rotatable bonds is 4. The Morgan fingerprint density at radius 2 is 2.18 bits per heavy atom. The highest BCUT2D eigenvalue weighted by Gasteiger charge is 2.30. The van der Waals surface area contributed by atoms with Crippen LogP contribution in [0.25, 0.3) is 0 Å². The minimum absolute atomic E-state index is 0.00364. The van der Waals surface area contributed by atoms with Gasteiger partial charge in [-0.3, -0.25) is 4.79 Å². The van der Waals surface area contributed by atoms with Crippen LogP contribution in [0.5, 0.6) is 0 Å². The van der Waals surface area contributed by atoms with Gasteiger partial charge in [0.05, 0.1) is 6.04 Å². The van der Waals surface area contributed by atoms with E-state index in [1.54, 1.807) is 0 Å². The first-order valence-electron chi connectivity index (χ1n) is 5.97. The third kappa shape index (κ3) is 3.05. The summed E-state index contributed by atoms with van der Waals surface area (Å²) in [5, 5.41) is 2.98. The van der Waals surface area contributed by atoms with E-state index in [1.165, 1.54) is 0 Å². The lowest BCUT2D eigenvalue weighted by molar-refractivity contribution is -0.122. The van der Waals surface area contributed by atoms with Gasteiger partial charge in [0.15, 0.2) is 0 Å². The molecule has 1 amide bonds. The quantitative estimate of drug-likeness (QED) is 0.816. The summed E-state index contributed by atoms with van der Waals surface area (Å²) in [4.78, 5) is 11.5. The van der Waals surface area contributed by atoms with Crippen LogP contribution in [0.4, 0.5) is 0 Å². The van der Waals surface area contributed by atoms with E-state index in [2.05, 4.69) is 5.32 Å². The van der Waals surface area contributed by atoms with Crippen molar-refractivity contribution in [1.29, 1.82) is 0 Å². The van der Waals surface area contributed by atoms with Crippen molar-refractivity contribution in [3.63, 3.8) is 0 Å². The molecule has 2 unspecified atom stereocenters. The van der Waals surface area contributed by atoms with E-state index in [1.807, 2.05) is 30.3 Å². The molecule has 0 spiro atoms. The van der Waals surface area contributed by atoms with Gasteiger partial charge in [-0.05, 0) is 12.0 Å². The molecule has 4 heteroatoms. The van der Waals surface area contributed by atoms with Crippen LogP contribution in [0.3, 0.4) is 0 Å². The van der Waals surface area contributed by atoms with E-state index in [0.717, 1.165) is 12.0 Å². The van der Waals surface area contributed by atoms with E-state index in [9.17, 15) is 4.79 Å². The fraction of sp³-hybridized carbons (Fsp3) is 0.462. The zero-order valence-electron chi connectivity index (χ0n) is 9.76. The monoisotopic (exact) mass is 234 g/mol. The van der Waals surface area contributed by atoms with Gasteiger partial charge in [-0.25, -0.2) is 0 Å². The standard InChI is InChI=1S/C13H18N2O2/c14-8-6-12(16)15-11-7-9-17-13(11)10-4-2-1-3-5-10/h1-5,11,13H,6-9,14H2,(H,15,16). The molecular weight excluding hydrogens is 216 g/mol. The molecule has 92 valence electrons. The van der Waals surface area contributed by atoms with Gasteiger partial charge >= 0.3 is 0 Å². The first-order chi connectivity index (χ1) is 8.31. The highest BCUT2D eigenvalue weighted by molar-refractivity contribution is 5.76. The number of benzene rings is 1. The molecule has 1 aliphatic heterocycles. The van der Waals surface area contributed by atoms with Crippen LogP contribution in [-0.2, 0) is 9.53 Å². The van der Waals surface area contributed by atoms with E-state index in [-0.39, 0.29) is 18.1 Å². The molecule has 1 aromatic carbocycles. The fourth-order valence-corrected chi connectivity index (χ4v) is 2.12. The van der Waals surface area contributed by atoms with Crippen molar-refractivity contribution in [2.24, 2.45) is 5.73 Å². The van der Waals surface area contributed by atoms with E-state index in [4.69, 9.17) is 10.5 Å². The Labute approximate surface area is 101 Å². The van der Waals surface area contributed by atoms with Crippen molar-refractivity contribution < 1.29 is 9.53 Å². The molecule has 0 saturated carbocycles. The van der Waals surface area contributed by atoms with E-state index < -0.39 is 0 Å². The molecule has 1 fully saturated rings. The van der Waals surface area contributed by atoms with Crippen molar-refractivity contribution in [2.45, 2.75) is 25.0 Å². The summed E-state index contributed by atoms with van der Waals surface area (Å²) in [7, 11) is 0. The van der Waals surface area contributed by atoms with Crippen molar-refractivity contribution in [2.75, 3.05) is 13.2 Å². The molecule has 0 radical (unpaired) electrons. The van der Waals surface area contributed by atoms with Gasteiger partial charge in [0, 0.05) is 19.6 Å². The van der Waals surface area contributed by atoms with Crippen molar-refractivity contribution >= 4 is 5.91 Å². The maximum atomic E-state index is 11.5. The number of hydrogen-bond donors (Lipinski definition) is 2. The third-order valence-electron chi connectivity index (χ3n) is 2.94. The average Bonchev–Trinajstić information content (AvgIpc) is 2.78. The molecule has 2 rings (SSSR count). The average molecular weight is 234 g/mol. The van der Waals surface area contributed by atoms with Crippen LogP contribution >= 0.6 is 0 Å². The minimum atomic E-state index is -0.0297. The Bertz CT molecular complexity index is 367. The van der Waals surface area contributed by atoms with E-state index >= 15 is 0 Å². The number of carbonyl (C=O) groups excluding carboxylic acids is 1. The highest BCUT2D eigenvalue weighted by atomic mass is 16.5. The third-order valence-corrected chi connectivity index (χ3v) is 2.94. The minimum Gasteiger partial charge on any atom is -0.371 e. The largest absolute Gasteiger partial charge is 0.371 e. The second-order valence-corrected chi connectivity index (χ2v) is 4.20. The maximum absolute atomic E-state index is 11.5. The van der Waals surface area contributed by atoms with Crippen molar-refractivity contribution in [3.05, 3.63) is 35.9 Å². The van der Waals surface area contributed by atoms with Gasteiger partial charge < -0.3 is 15.8 Å². The van der Waals surface area contributed by atoms with Gasteiger partial charge in [-0.15, -0.1) is 0 Å². The number of carbonyl (C=O) groups is 1.